The summed E-state index contributed by atoms with van der Waals surface area (Å²) in [6.07, 6.45) is 3.59. The molecule has 0 saturated heterocycles. The first-order valence-electron chi connectivity index (χ1n) is 2.22. The van der Waals surface area contributed by atoms with E-state index in [9.17, 15) is 0 Å². The quantitative estimate of drug-likeness (QED) is 0.371. The van der Waals surface area contributed by atoms with Crippen molar-refractivity contribution in [2.45, 2.75) is 0 Å². The Hall–Kier alpha value is -0.160. The fourth-order valence-electron chi connectivity index (χ4n) is 0.205. The average molecular weight is 163 g/mol. The van der Waals surface area contributed by atoms with E-state index in [1.807, 2.05) is 0 Å². The fraction of sp³-hybridized carbons (Fsp3) is 0.500. The van der Waals surface area contributed by atoms with Crippen molar-refractivity contribution in [1.82, 2.24) is 5.32 Å². The normalized spacial score (nSPS) is 8.67. The highest BCUT2D eigenvalue weighted by atomic mass is 32.2. The molecule has 0 bridgehead atoms. The van der Waals surface area contributed by atoms with Crippen LogP contribution < -0.4 is 5.32 Å². The Morgan fingerprint density at radius 2 is 1.44 bits per heavy atom. The lowest BCUT2D eigenvalue weighted by Gasteiger charge is -2.01. The van der Waals surface area contributed by atoms with Gasteiger partial charge < -0.3 is 5.32 Å². The van der Waals surface area contributed by atoms with Gasteiger partial charge in [-0.1, -0.05) is 23.5 Å². The molecule has 0 radical (unpaired) electrons. The zero-order chi connectivity index (χ0) is 7.28. The van der Waals surface area contributed by atoms with Crippen LogP contribution in [-0.2, 0) is 0 Å². The van der Waals surface area contributed by atoms with E-state index in [1.165, 1.54) is 23.5 Å². The molecule has 0 aliphatic heterocycles. The molecular weight excluding hydrogens is 154 g/mol. The van der Waals surface area contributed by atoms with Crippen molar-refractivity contribution in [2.75, 3.05) is 12.5 Å². The Balaban J connectivity index is 3.47. The van der Waals surface area contributed by atoms with Gasteiger partial charge in [0.05, 0.1) is 0 Å². The molecule has 0 aromatic carbocycles. The van der Waals surface area contributed by atoms with Crippen molar-refractivity contribution in [3.8, 4) is 0 Å². The van der Waals surface area contributed by atoms with Crippen LogP contribution in [-0.4, -0.2) is 22.8 Å². The predicted octanol–water partition coefficient (Wildman–Crippen LogP) is 1.17. The highest BCUT2D eigenvalue weighted by Gasteiger charge is 1.94. The molecule has 0 spiro atoms. The Kier molecular flexibility index (Phi) is 4.61. The molecule has 0 amide bonds. The van der Waals surface area contributed by atoms with Crippen molar-refractivity contribution >= 4 is 33.9 Å². The lowest BCUT2D eigenvalue weighted by molar-refractivity contribution is 1.32. The monoisotopic (exact) mass is 163 g/mol. The maximum absolute atomic E-state index is 7.07. The van der Waals surface area contributed by atoms with Gasteiger partial charge in [0.25, 0.3) is 0 Å². The third kappa shape index (κ3) is 4.35. The van der Waals surface area contributed by atoms with Gasteiger partial charge in [-0.2, -0.15) is 0 Å². The van der Waals surface area contributed by atoms with Crippen molar-refractivity contribution in [1.29, 1.82) is 10.8 Å². The number of thioether (sulfide) groups is 2. The van der Waals surface area contributed by atoms with Crippen LogP contribution in [0.2, 0.25) is 0 Å². The zero-order valence-electron chi connectivity index (χ0n) is 5.32. The Morgan fingerprint density at radius 3 is 1.67 bits per heavy atom. The van der Waals surface area contributed by atoms with Gasteiger partial charge in [0.15, 0.2) is 10.3 Å². The molecule has 9 heavy (non-hydrogen) atoms. The molecule has 0 heterocycles. The van der Waals surface area contributed by atoms with Gasteiger partial charge in [-0.25, -0.2) is 0 Å². The maximum Gasteiger partial charge on any atom is 0.159 e. The van der Waals surface area contributed by atoms with Gasteiger partial charge in [0.2, 0.25) is 0 Å². The Bertz CT molecular complexity index is 109. The van der Waals surface area contributed by atoms with Crippen LogP contribution in [0.25, 0.3) is 0 Å². The van der Waals surface area contributed by atoms with Gasteiger partial charge in [0.1, 0.15) is 0 Å². The van der Waals surface area contributed by atoms with E-state index < -0.39 is 0 Å². The maximum atomic E-state index is 7.07. The molecular formula is C4H9N3S2. The molecule has 0 fully saturated rings. The standard InChI is InChI=1S/C4H9N3S2/c1-8-3(5)7-4(6)9-2/h1-2H3,(H3,5,6,7). The first kappa shape index (κ1) is 8.84. The topological polar surface area (TPSA) is 59.7 Å². The summed E-state index contributed by atoms with van der Waals surface area (Å²) in [6, 6.07) is 0. The molecule has 0 aliphatic rings. The minimum absolute atomic E-state index is 0.314. The van der Waals surface area contributed by atoms with Crippen LogP contribution >= 0.6 is 23.5 Å². The third-order valence-corrected chi connectivity index (χ3v) is 1.66. The molecule has 5 heteroatoms. The van der Waals surface area contributed by atoms with Crippen LogP contribution in [0, 0.1) is 10.8 Å². The second kappa shape index (κ2) is 4.69. The van der Waals surface area contributed by atoms with Crippen LogP contribution in [0.3, 0.4) is 0 Å². The van der Waals surface area contributed by atoms with Gasteiger partial charge in [-0.3, -0.25) is 10.8 Å². The number of hydrogen-bond donors (Lipinski definition) is 3. The van der Waals surface area contributed by atoms with Gasteiger partial charge in [-0.05, 0) is 12.5 Å². The average Bonchev–Trinajstić information content (AvgIpc) is 1.87. The molecule has 0 rings (SSSR count). The smallest absolute Gasteiger partial charge is 0.159 e. The minimum Gasteiger partial charge on any atom is -0.315 e. The van der Waals surface area contributed by atoms with E-state index in [0.29, 0.717) is 10.3 Å². The summed E-state index contributed by atoms with van der Waals surface area (Å²) in [5, 5.41) is 17.3. The second-order valence-electron chi connectivity index (χ2n) is 1.19. The van der Waals surface area contributed by atoms with Gasteiger partial charge >= 0.3 is 0 Å². The summed E-state index contributed by atoms with van der Waals surface area (Å²) in [5.74, 6) is 0. The van der Waals surface area contributed by atoms with E-state index in [1.54, 1.807) is 12.5 Å². The predicted molar refractivity (Wildman–Crippen MR) is 45.6 cm³/mol. The van der Waals surface area contributed by atoms with Gasteiger partial charge in [-0.15, -0.1) is 0 Å². The summed E-state index contributed by atoms with van der Waals surface area (Å²) in [4.78, 5) is 0. The minimum atomic E-state index is 0.314. The van der Waals surface area contributed by atoms with Crippen LogP contribution in [0.1, 0.15) is 0 Å². The number of nitrogens with one attached hydrogen (secondary N) is 3. The number of amidine groups is 2. The summed E-state index contributed by atoms with van der Waals surface area (Å²) >= 11 is 2.57. The molecule has 0 aliphatic carbocycles. The zero-order valence-corrected chi connectivity index (χ0v) is 6.95. The van der Waals surface area contributed by atoms with Crippen molar-refractivity contribution < 1.29 is 0 Å². The first-order chi connectivity index (χ1) is 4.20. The van der Waals surface area contributed by atoms with Gasteiger partial charge in [0, 0.05) is 0 Å². The van der Waals surface area contributed by atoms with Crippen LogP contribution in [0.5, 0.6) is 0 Å². The molecule has 3 N–H and O–H groups in total. The summed E-state index contributed by atoms with van der Waals surface area (Å²) in [6.45, 7) is 0. The van der Waals surface area contributed by atoms with E-state index in [0.717, 1.165) is 0 Å². The molecule has 0 aromatic heterocycles. The van der Waals surface area contributed by atoms with Crippen molar-refractivity contribution in [3.63, 3.8) is 0 Å². The fourth-order valence-corrected chi connectivity index (χ4v) is 0.678. The van der Waals surface area contributed by atoms with Crippen LogP contribution in [0.15, 0.2) is 0 Å². The third-order valence-electron chi connectivity index (χ3n) is 0.635. The Morgan fingerprint density at radius 1 is 1.11 bits per heavy atom. The molecule has 0 unspecified atom stereocenters. The van der Waals surface area contributed by atoms with Crippen molar-refractivity contribution in [2.24, 2.45) is 0 Å². The molecule has 0 aromatic rings. The first-order valence-corrected chi connectivity index (χ1v) is 4.67. The summed E-state index contributed by atoms with van der Waals surface area (Å²) in [7, 11) is 0. The lowest BCUT2D eigenvalue weighted by Crippen LogP contribution is -2.23. The Labute approximate surface area is 63.0 Å². The summed E-state index contributed by atoms with van der Waals surface area (Å²) in [5.41, 5.74) is 0. The highest BCUT2D eigenvalue weighted by Crippen LogP contribution is 1.95. The van der Waals surface area contributed by atoms with E-state index in [-0.39, 0.29) is 0 Å². The largest absolute Gasteiger partial charge is 0.315 e. The second-order valence-corrected chi connectivity index (χ2v) is 2.82. The molecule has 0 atom stereocenters. The lowest BCUT2D eigenvalue weighted by atomic mass is 11.1. The van der Waals surface area contributed by atoms with Crippen molar-refractivity contribution in [3.05, 3.63) is 0 Å². The number of rotatable bonds is 0. The molecule has 3 nitrogen and oxygen atoms in total. The molecule has 52 valence electrons. The number of hydrogen-bond acceptors (Lipinski definition) is 4. The SMILES string of the molecule is CSC(=N)NC(=N)SC. The van der Waals surface area contributed by atoms with E-state index >= 15 is 0 Å². The van der Waals surface area contributed by atoms with E-state index in [2.05, 4.69) is 5.32 Å². The molecule has 0 saturated carbocycles. The van der Waals surface area contributed by atoms with E-state index in [4.69, 9.17) is 10.8 Å². The van der Waals surface area contributed by atoms with Crippen LogP contribution in [0.4, 0.5) is 0 Å². The highest BCUT2D eigenvalue weighted by molar-refractivity contribution is 8.15. The summed E-state index contributed by atoms with van der Waals surface area (Å²) < 4.78 is 0.